The molecular weight excluding hydrogens is 261 g/mol. The zero-order chi connectivity index (χ0) is 14.9. The fourth-order valence-corrected chi connectivity index (χ4v) is 4.62. The lowest BCUT2D eigenvalue weighted by Gasteiger charge is -2.49. The predicted molar refractivity (Wildman–Crippen MR) is 85.9 cm³/mol. The Morgan fingerprint density at radius 1 is 1.10 bits per heavy atom. The highest BCUT2D eigenvalue weighted by Crippen LogP contribution is 2.53. The van der Waals surface area contributed by atoms with Gasteiger partial charge in [-0.15, -0.1) is 0 Å². The normalized spacial score (nSPS) is 33.5. The molecule has 0 amide bonds. The third kappa shape index (κ3) is 3.01. The van der Waals surface area contributed by atoms with Crippen LogP contribution in [0.2, 0.25) is 0 Å². The summed E-state index contributed by atoms with van der Waals surface area (Å²) in [7, 11) is 0. The van der Waals surface area contributed by atoms with E-state index < -0.39 is 0 Å². The Morgan fingerprint density at radius 2 is 1.76 bits per heavy atom. The van der Waals surface area contributed by atoms with Crippen LogP contribution in [-0.4, -0.2) is 13.1 Å². The average molecular weight is 289 g/mol. The highest BCUT2D eigenvalue weighted by molar-refractivity contribution is 5.25. The number of hydrogen-bond acceptors (Lipinski definition) is 1. The van der Waals surface area contributed by atoms with Gasteiger partial charge < -0.3 is 5.32 Å². The number of hydrogen-bond donors (Lipinski definition) is 1. The Bertz CT molecular complexity index is 457. The van der Waals surface area contributed by atoms with Gasteiger partial charge in [0.25, 0.3) is 0 Å². The summed E-state index contributed by atoms with van der Waals surface area (Å²) >= 11 is 0. The molecule has 21 heavy (non-hydrogen) atoms. The van der Waals surface area contributed by atoms with Gasteiger partial charge in [0.2, 0.25) is 0 Å². The average Bonchev–Trinajstić information content (AvgIpc) is 2.49. The predicted octanol–water partition coefficient (Wildman–Crippen LogP) is 4.74. The molecule has 2 heteroatoms. The van der Waals surface area contributed by atoms with Crippen LogP contribution < -0.4 is 5.32 Å². The van der Waals surface area contributed by atoms with Gasteiger partial charge in [0, 0.05) is 12.5 Å². The van der Waals surface area contributed by atoms with Gasteiger partial charge >= 0.3 is 0 Å². The van der Waals surface area contributed by atoms with E-state index in [1.165, 1.54) is 37.7 Å². The minimum atomic E-state index is -0.125. The summed E-state index contributed by atoms with van der Waals surface area (Å²) in [6.45, 7) is 6.92. The first-order valence-electron chi connectivity index (χ1n) is 8.57. The van der Waals surface area contributed by atoms with Crippen LogP contribution in [0.15, 0.2) is 24.3 Å². The van der Waals surface area contributed by atoms with Crippen molar-refractivity contribution in [3.05, 3.63) is 35.6 Å². The molecular formula is C19H28FN. The van der Waals surface area contributed by atoms with Crippen molar-refractivity contribution in [3.63, 3.8) is 0 Å². The quantitative estimate of drug-likeness (QED) is 0.829. The van der Waals surface area contributed by atoms with Gasteiger partial charge in [-0.1, -0.05) is 26.0 Å². The molecule has 1 atom stereocenters. The first-order chi connectivity index (χ1) is 10.1. The van der Waals surface area contributed by atoms with E-state index in [2.05, 4.69) is 19.2 Å². The van der Waals surface area contributed by atoms with Crippen LogP contribution in [0.4, 0.5) is 4.39 Å². The van der Waals surface area contributed by atoms with Gasteiger partial charge in [-0.25, -0.2) is 4.39 Å². The molecule has 1 saturated heterocycles. The summed E-state index contributed by atoms with van der Waals surface area (Å²) in [6.07, 6.45) is 6.71. The van der Waals surface area contributed by atoms with E-state index in [1.807, 2.05) is 12.1 Å². The lowest BCUT2D eigenvalue weighted by atomic mass is 9.58. The summed E-state index contributed by atoms with van der Waals surface area (Å²) in [6, 6.07) is 7.25. The second-order valence-electron chi connectivity index (χ2n) is 7.50. The zero-order valence-corrected chi connectivity index (χ0v) is 13.4. The molecule has 1 unspecified atom stereocenters. The first kappa shape index (κ1) is 15.0. The van der Waals surface area contributed by atoms with Crippen LogP contribution in [0, 0.1) is 23.1 Å². The third-order valence-corrected chi connectivity index (χ3v) is 6.13. The minimum Gasteiger partial charge on any atom is -0.316 e. The van der Waals surface area contributed by atoms with Gasteiger partial charge in [0.15, 0.2) is 0 Å². The molecule has 3 rings (SSSR count). The Kier molecular flexibility index (Phi) is 4.35. The van der Waals surface area contributed by atoms with E-state index in [1.54, 1.807) is 12.1 Å². The molecule has 1 heterocycles. The van der Waals surface area contributed by atoms with Crippen LogP contribution in [0.1, 0.15) is 57.4 Å². The third-order valence-electron chi connectivity index (χ3n) is 6.13. The van der Waals surface area contributed by atoms with Crippen LogP contribution in [0.3, 0.4) is 0 Å². The monoisotopic (exact) mass is 289 g/mol. The van der Waals surface area contributed by atoms with Gasteiger partial charge in [-0.2, -0.15) is 0 Å². The topological polar surface area (TPSA) is 12.0 Å². The van der Waals surface area contributed by atoms with Gasteiger partial charge in [-0.3, -0.25) is 0 Å². The van der Waals surface area contributed by atoms with Gasteiger partial charge in [0.1, 0.15) is 5.82 Å². The lowest BCUT2D eigenvalue weighted by Crippen LogP contribution is -2.45. The van der Waals surface area contributed by atoms with Crippen LogP contribution in [0.5, 0.6) is 0 Å². The molecule has 0 bridgehead atoms. The highest BCUT2D eigenvalue weighted by Gasteiger charge is 2.44. The van der Waals surface area contributed by atoms with Crippen LogP contribution in [0.25, 0.3) is 0 Å². The second kappa shape index (κ2) is 6.08. The number of halogens is 1. The van der Waals surface area contributed by atoms with Gasteiger partial charge in [0.05, 0.1) is 0 Å². The van der Waals surface area contributed by atoms with Crippen molar-refractivity contribution in [2.75, 3.05) is 13.1 Å². The molecule has 1 N–H and O–H groups in total. The standard InChI is InChI=1S/C19H28FN/c1-14(2)15-7-9-19(10-8-15)11-12-21-13-18(19)16-3-5-17(20)6-4-16/h3-6,14-15,18,21H,7-13H2,1-2H3. The summed E-state index contributed by atoms with van der Waals surface area (Å²) in [5.74, 6) is 2.15. The van der Waals surface area contributed by atoms with Crippen molar-refractivity contribution < 1.29 is 4.39 Å². The van der Waals surface area contributed by atoms with Crippen molar-refractivity contribution >= 4 is 0 Å². The molecule has 0 radical (unpaired) electrons. The summed E-state index contributed by atoms with van der Waals surface area (Å²) < 4.78 is 13.2. The SMILES string of the molecule is CC(C)C1CCC2(CCNCC2c2ccc(F)cc2)CC1. The molecule has 116 valence electrons. The number of nitrogens with one attached hydrogen (secondary N) is 1. The summed E-state index contributed by atoms with van der Waals surface area (Å²) in [4.78, 5) is 0. The molecule has 1 aliphatic carbocycles. The van der Waals surface area contributed by atoms with E-state index in [0.29, 0.717) is 11.3 Å². The Labute approximate surface area is 128 Å². The summed E-state index contributed by atoms with van der Waals surface area (Å²) in [5.41, 5.74) is 1.78. The number of rotatable bonds is 2. The maximum absolute atomic E-state index is 13.2. The highest BCUT2D eigenvalue weighted by atomic mass is 19.1. The molecule has 2 fully saturated rings. The molecule has 1 saturated carbocycles. The van der Waals surface area contributed by atoms with Crippen molar-refractivity contribution in [1.29, 1.82) is 0 Å². The van der Waals surface area contributed by atoms with E-state index in [-0.39, 0.29) is 5.82 Å². The van der Waals surface area contributed by atoms with E-state index >= 15 is 0 Å². The molecule has 1 aromatic carbocycles. The summed E-state index contributed by atoms with van der Waals surface area (Å²) in [5, 5.41) is 3.56. The fraction of sp³-hybridized carbons (Fsp3) is 0.684. The first-order valence-corrected chi connectivity index (χ1v) is 8.57. The Balaban J connectivity index is 1.80. The fourth-order valence-electron chi connectivity index (χ4n) is 4.62. The van der Waals surface area contributed by atoms with Gasteiger partial charge in [-0.05, 0) is 73.6 Å². The van der Waals surface area contributed by atoms with Crippen molar-refractivity contribution in [1.82, 2.24) is 5.32 Å². The molecule has 1 aromatic rings. The van der Waals surface area contributed by atoms with Crippen molar-refractivity contribution in [3.8, 4) is 0 Å². The van der Waals surface area contributed by atoms with E-state index in [9.17, 15) is 4.39 Å². The number of benzene rings is 1. The Morgan fingerprint density at radius 3 is 2.38 bits per heavy atom. The molecule has 1 spiro atoms. The van der Waals surface area contributed by atoms with E-state index in [4.69, 9.17) is 0 Å². The molecule has 0 aromatic heterocycles. The maximum Gasteiger partial charge on any atom is 0.123 e. The lowest BCUT2D eigenvalue weighted by molar-refractivity contribution is 0.0670. The largest absolute Gasteiger partial charge is 0.316 e. The Hall–Kier alpha value is -0.890. The smallest absolute Gasteiger partial charge is 0.123 e. The zero-order valence-electron chi connectivity index (χ0n) is 13.4. The second-order valence-corrected chi connectivity index (χ2v) is 7.50. The molecule has 2 aliphatic rings. The minimum absolute atomic E-state index is 0.125. The van der Waals surface area contributed by atoms with Crippen molar-refractivity contribution in [2.45, 2.75) is 51.9 Å². The maximum atomic E-state index is 13.2. The van der Waals surface area contributed by atoms with Crippen LogP contribution in [-0.2, 0) is 0 Å². The molecule has 1 nitrogen and oxygen atoms in total. The molecule has 1 aliphatic heterocycles. The van der Waals surface area contributed by atoms with E-state index in [0.717, 1.165) is 24.9 Å². The van der Waals surface area contributed by atoms with Crippen LogP contribution >= 0.6 is 0 Å². The number of piperidine rings is 1. The van der Waals surface area contributed by atoms with Crippen molar-refractivity contribution in [2.24, 2.45) is 17.3 Å².